The van der Waals surface area contributed by atoms with E-state index in [4.69, 9.17) is 11.6 Å². The van der Waals surface area contributed by atoms with Gasteiger partial charge in [-0.2, -0.15) is 0 Å². The maximum absolute atomic E-state index is 14.7. The van der Waals surface area contributed by atoms with Gasteiger partial charge in [0.25, 0.3) is 5.91 Å². The van der Waals surface area contributed by atoms with Crippen molar-refractivity contribution >= 4 is 51.3 Å². The van der Waals surface area contributed by atoms with Gasteiger partial charge in [-0.25, -0.2) is 14.1 Å². The third-order valence-electron chi connectivity index (χ3n) is 7.56. The minimum Gasteiger partial charge on any atom is -0.342 e. The summed E-state index contributed by atoms with van der Waals surface area (Å²) in [7, 11) is 0. The highest BCUT2D eigenvalue weighted by Gasteiger charge is 2.25. The fourth-order valence-electron chi connectivity index (χ4n) is 5.15. The number of hydrogen-bond acceptors (Lipinski definition) is 8. The van der Waals surface area contributed by atoms with Gasteiger partial charge in [0.05, 0.1) is 28.1 Å². The summed E-state index contributed by atoms with van der Waals surface area (Å²) in [6, 6.07) is 13.6. The highest BCUT2D eigenvalue weighted by atomic mass is 35.5. The van der Waals surface area contributed by atoms with Gasteiger partial charge in [0.2, 0.25) is 5.91 Å². The fraction of sp³-hybridized carbons (Fsp3) is 0.226. The molecular formula is C31H28ClFN8O2S. The summed E-state index contributed by atoms with van der Waals surface area (Å²) in [4.78, 5) is 35.6. The van der Waals surface area contributed by atoms with Crippen molar-refractivity contribution in [3.8, 4) is 16.8 Å². The lowest BCUT2D eigenvalue weighted by atomic mass is 9.95. The maximum Gasteiger partial charge on any atom is 0.274 e. The second kappa shape index (κ2) is 12.5. The average molecular weight is 631 g/mol. The molecule has 6 rings (SSSR count). The molecule has 224 valence electrons. The van der Waals surface area contributed by atoms with Crippen LogP contribution in [-0.2, 0) is 4.79 Å². The second-order valence-corrected chi connectivity index (χ2v) is 11.8. The van der Waals surface area contributed by atoms with Crippen molar-refractivity contribution in [2.45, 2.75) is 39.2 Å². The van der Waals surface area contributed by atoms with E-state index in [0.717, 1.165) is 21.9 Å². The first kappa shape index (κ1) is 29.4. The number of amides is 2. The Morgan fingerprint density at radius 3 is 2.82 bits per heavy atom. The summed E-state index contributed by atoms with van der Waals surface area (Å²) in [5.41, 5.74) is 4.27. The number of anilines is 3. The van der Waals surface area contributed by atoms with Crippen LogP contribution in [0.25, 0.3) is 16.8 Å². The molecule has 4 heterocycles. The van der Waals surface area contributed by atoms with Crippen LogP contribution in [0.5, 0.6) is 0 Å². The Hall–Kier alpha value is -4.68. The van der Waals surface area contributed by atoms with E-state index in [-0.39, 0.29) is 28.2 Å². The Balaban J connectivity index is 1.32. The number of nitrogens with one attached hydrogen (secondary N) is 3. The van der Waals surface area contributed by atoms with E-state index in [0.29, 0.717) is 36.3 Å². The van der Waals surface area contributed by atoms with E-state index in [1.54, 1.807) is 25.4 Å². The monoisotopic (exact) mass is 630 g/mol. The number of aromatic nitrogens is 5. The molecule has 0 radical (unpaired) electrons. The quantitative estimate of drug-likeness (QED) is 0.194. The minimum absolute atomic E-state index is 0.0564. The van der Waals surface area contributed by atoms with Gasteiger partial charge < -0.3 is 16.0 Å². The SMILES string of the molecule is Cc1c(C(=O)N[C@H]2CCC[C@@H](C)C(=O)Nc3cc(Nc4nccs4)ccc3-c3ccnc2c3)nnn1-c1cccc(Cl)c1F. The smallest absolute Gasteiger partial charge is 0.274 e. The number of carbonyl (C=O) groups excluding carboxylic acids is 2. The highest BCUT2D eigenvalue weighted by molar-refractivity contribution is 7.13. The number of carbonyl (C=O) groups is 2. The zero-order chi connectivity index (χ0) is 30.8. The molecule has 2 bridgehead atoms. The van der Waals surface area contributed by atoms with Crippen LogP contribution in [0, 0.1) is 18.7 Å². The van der Waals surface area contributed by atoms with Crippen LogP contribution in [0.1, 0.15) is 54.1 Å². The van der Waals surface area contributed by atoms with Crippen LogP contribution in [-0.4, -0.2) is 36.8 Å². The van der Waals surface area contributed by atoms with Gasteiger partial charge in [-0.3, -0.25) is 14.6 Å². The molecule has 2 aromatic carbocycles. The molecule has 0 saturated carbocycles. The number of nitrogens with zero attached hydrogens (tertiary/aromatic N) is 5. The molecule has 10 nitrogen and oxygen atoms in total. The van der Waals surface area contributed by atoms with E-state index in [1.165, 1.54) is 28.2 Å². The first-order valence-electron chi connectivity index (χ1n) is 14.0. The summed E-state index contributed by atoms with van der Waals surface area (Å²) in [6.45, 7) is 3.53. The molecule has 1 aliphatic heterocycles. The van der Waals surface area contributed by atoms with Gasteiger partial charge >= 0.3 is 0 Å². The Bertz CT molecular complexity index is 1840. The molecule has 1 aliphatic rings. The Labute approximate surface area is 261 Å². The fourth-order valence-corrected chi connectivity index (χ4v) is 5.87. The van der Waals surface area contributed by atoms with E-state index >= 15 is 0 Å². The van der Waals surface area contributed by atoms with Crippen molar-refractivity contribution in [1.29, 1.82) is 0 Å². The predicted octanol–water partition coefficient (Wildman–Crippen LogP) is 6.86. The van der Waals surface area contributed by atoms with Gasteiger partial charge in [0.15, 0.2) is 16.6 Å². The van der Waals surface area contributed by atoms with Crippen molar-refractivity contribution in [2.24, 2.45) is 5.92 Å². The van der Waals surface area contributed by atoms with Crippen molar-refractivity contribution in [2.75, 3.05) is 10.6 Å². The summed E-state index contributed by atoms with van der Waals surface area (Å²) in [5.74, 6) is -1.48. The molecule has 0 aliphatic carbocycles. The molecule has 2 atom stereocenters. The number of pyridine rings is 1. The van der Waals surface area contributed by atoms with E-state index in [2.05, 4.69) is 36.2 Å². The van der Waals surface area contributed by atoms with Crippen LogP contribution in [0.2, 0.25) is 5.02 Å². The molecule has 44 heavy (non-hydrogen) atoms. The van der Waals surface area contributed by atoms with Gasteiger partial charge in [-0.15, -0.1) is 16.4 Å². The molecule has 0 unspecified atom stereocenters. The normalized spacial score (nSPS) is 16.7. The Morgan fingerprint density at radius 1 is 1.14 bits per heavy atom. The van der Waals surface area contributed by atoms with E-state index < -0.39 is 17.8 Å². The minimum atomic E-state index is -0.654. The first-order chi connectivity index (χ1) is 21.3. The lowest BCUT2D eigenvalue weighted by Crippen LogP contribution is -2.30. The van der Waals surface area contributed by atoms with E-state index in [9.17, 15) is 14.0 Å². The molecule has 0 spiro atoms. The van der Waals surface area contributed by atoms with Crippen LogP contribution >= 0.6 is 22.9 Å². The molecule has 3 aromatic heterocycles. The van der Waals surface area contributed by atoms with Gasteiger partial charge in [0, 0.05) is 34.9 Å². The zero-order valence-electron chi connectivity index (χ0n) is 23.8. The van der Waals surface area contributed by atoms with Crippen LogP contribution in [0.3, 0.4) is 0 Å². The topological polar surface area (TPSA) is 127 Å². The summed E-state index contributed by atoms with van der Waals surface area (Å²) < 4.78 is 16.0. The van der Waals surface area contributed by atoms with Crippen molar-refractivity contribution in [3.63, 3.8) is 0 Å². The number of fused-ring (bicyclic) bond motifs is 4. The predicted molar refractivity (Wildman–Crippen MR) is 168 cm³/mol. The molecular weight excluding hydrogens is 603 g/mol. The Morgan fingerprint density at radius 2 is 2.00 bits per heavy atom. The average Bonchev–Trinajstić information content (AvgIpc) is 3.67. The molecule has 3 N–H and O–H groups in total. The molecule has 13 heteroatoms. The van der Waals surface area contributed by atoms with Gasteiger partial charge in [-0.1, -0.05) is 42.3 Å². The molecule has 5 aromatic rings. The molecule has 0 saturated heterocycles. The van der Waals surface area contributed by atoms with Crippen molar-refractivity contribution < 1.29 is 14.0 Å². The maximum atomic E-state index is 14.7. The second-order valence-electron chi connectivity index (χ2n) is 10.5. The van der Waals surface area contributed by atoms with Crippen LogP contribution in [0.15, 0.2) is 66.3 Å². The lowest BCUT2D eigenvalue weighted by molar-refractivity contribution is -0.119. The zero-order valence-corrected chi connectivity index (χ0v) is 25.4. The van der Waals surface area contributed by atoms with Crippen LogP contribution < -0.4 is 16.0 Å². The number of rotatable bonds is 5. The number of thiazole rings is 1. The summed E-state index contributed by atoms with van der Waals surface area (Å²) in [5, 5.41) is 20.1. The summed E-state index contributed by atoms with van der Waals surface area (Å²) >= 11 is 7.44. The Kier molecular flexibility index (Phi) is 8.36. The molecule has 2 amide bonds. The largest absolute Gasteiger partial charge is 0.342 e. The summed E-state index contributed by atoms with van der Waals surface area (Å²) in [6.07, 6.45) is 5.21. The highest BCUT2D eigenvalue weighted by Crippen LogP contribution is 2.35. The van der Waals surface area contributed by atoms with Crippen molar-refractivity contribution in [3.05, 3.63) is 94.2 Å². The number of hydrogen-bond donors (Lipinski definition) is 3. The van der Waals surface area contributed by atoms with Gasteiger partial charge in [-0.05, 0) is 61.7 Å². The lowest BCUT2D eigenvalue weighted by Gasteiger charge is -2.22. The van der Waals surface area contributed by atoms with Crippen LogP contribution in [0.4, 0.5) is 20.9 Å². The van der Waals surface area contributed by atoms with Crippen molar-refractivity contribution in [1.82, 2.24) is 30.3 Å². The van der Waals surface area contributed by atoms with E-state index in [1.807, 2.05) is 42.6 Å². The standard InChI is InChI=1S/C31H28ClFN8O2S/c1-17-5-3-7-23(37-30(43)28-18(2)41(40-39-28)26-8-4-6-22(32)27(26)33)25-15-19(11-12-34-25)21-10-9-20(16-24(21)38-29(17)42)36-31-35-13-14-44-31/h4,6,8-17,23H,3,5,7H2,1-2H3,(H,35,36)(H,37,43)(H,38,42)/t17-,23+/m1/s1. The third-order valence-corrected chi connectivity index (χ3v) is 8.54. The first-order valence-corrected chi connectivity index (χ1v) is 15.3. The molecule has 0 fully saturated rings. The number of benzene rings is 2. The third kappa shape index (κ3) is 6.03. The number of halogens is 2. The van der Waals surface area contributed by atoms with Gasteiger partial charge in [0.1, 0.15) is 5.69 Å².